The molecule has 9 heteroatoms. The number of hydrogen-bond donors (Lipinski definition) is 3. The number of sulfonamides is 1. The minimum Gasteiger partial charge on any atom is -0.491 e. The van der Waals surface area contributed by atoms with Gasteiger partial charge in [0.2, 0.25) is 15.9 Å². The van der Waals surface area contributed by atoms with E-state index in [0.29, 0.717) is 25.0 Å². The Balaban J connectivity index is 1.78. The van der Waals surface area contributed by atoms with E-state index < -0.39 is 28.1 Å². The summed E-state index contributed by atoms with van der Waals surface area (Å²) in [4.78, 5) is 23.7. The topological polar surface area (TPSA) is 130 Å². The van der Waals surface area contributed by atoms with E-state index in [9.17, 15) is 28.2 Å². The first-order valence-electron chi connectivity index (χ1n) is 10.6. The monoisotopic (exact) mass is 465 g/mol. The highest BCUT2D eigenvalue weighted by Crippen LogP contribution is 2.33. The molecule has 0 aromatic heterocycles. The predicted octanol–water partition coefficient (Wildman–Crippen LogP) is 1.74. The van der Waals surface area contributed by atoms with Gasteiger partial charge in [0, 0.05) is 24.7 Å². The Kier molecular flexibility index (Phi) is 10.1. The number of carbonyl (C=O) groups is 2. The molecule has 32 heavy (non-hydrogen) atoms. The molecule has 1 fully saturated rings. The van der Waals surface area contributed by atoms with Crippen LogP contribution in [0, 0.1) is 11.8 Å². The largest absolute Gasteiger partial charge is 0.491 e. The molecule has 0 radical (unpaired) electrons. The number of nitrogens with one attached hydrogen (secondary N) is 1. The van der Waals surface area contributed by atoms with E-state index in [0.717, 1.165) is 6.26 Å². The first kappa shape index (κ1) is 25.8. The van der Waals surface area contributed by atoms with E-state index in [4.69, 9.17) is 4.74 Å². The lowest BCUT2D eigenvalue weighted by atomic mass is 9.90. The van der Waals surface area contributed by atoms with Gasteiger partial charge in [-0.2, -0.15) is 0 Å². The Bertz CT molecular complexity index is 912. The van der Waals surface area contributed by atoms with Crippen LogP contribution in [0.4, 0.5) is 0 Å². The first-order chi connectivity index (χ1) is 15.2. The van der Waals surface area contributed by atoms with Crippen molar-refractivity contribution in [3.63, 3.8) is 0 Å². The van der Waals surface area contributed by atoms with Crippen LogP contribution in [0.2, 0.25) is 0 Å². The van der Waals surface area contributed by atoms with Crippen LogP contribution in [0.5, 0.6) is 5.75 Å². The number of amides is 1. The highest BCUT2D eigenvalue weighted by molar-refractivity contribution is 7.89. The third kappa shape index (κ3) is 9.33. The van der Waals surface area contributed by atoms with Crippen molar-refractivity contribution < 1.29 is 33.0 Å². The number of para-hydroxylation sites is 1. The van der Waals surface area contributed by atoms with Crippen molar-refractivity contribution in [2.45, 2.75) is 44.3 Å². The SMILES string of the molecule is CS(=O)(=O)NC(=O)CCC/C=C\C[C@H]1C(=O)C[C@@H](O)[C@@H]1/C=C/C(O)COc1ccccc1. The number of benzene rings is 1. The molecule has 176 valence electrons. The van der Waals surface area contributed by atoms with Gasteiger partial charge in [-0.1, -0.05) is 42.5 Å². The lowest BCUT2D eigenvalue weighted by Gasteiger charge is -2.17. The average Bonchev–Trinajstić information content (AvgIpc) is 2.99. The number of ketones is 1. The molecule has 1 amide bonds. The first-order valence-corrected chi connectivity index (χ1v) is 12.5. The number of hydrogen-bond acceptors (Lipinski definition) is 7. The van der Waals surface area contributed by atoms with Crippen LogP contribution in [0.3, 0.4) is 0 Å². The maximum atomic E-state index is 12.3. The van der Waals surface area contributed by atoms with Gasteiger partial charge in [0.1, 0.15) is 24.2 Å². The Labute approximate surface area is 189 Å². The minimum absolute atomic E-state index is 0.0284. The van der Waals surface area contributed by atoms with Crippen molar-refractivity contribution >= 4 is 21.7 Å². The number of ether oxygens (including phenoxy) is 1. The van der Waals surface area contributed by atoms with Crippen LogP contribution in [0.1, 0.15) is 32.1 Å². The summed E-state index contributed by atoms with van der Waals surface area (Å²) in [6.07, 6.45) is 7.84. The van der Waals surface area contributed by atoms with E-state index in [-0.39, 0.29) is 37.1 Å². The number of carbonyl (C=O) groups excluding carboxylic acids is 2. The molecule has 1 aromatic carbocycles. The standard InChI is InChI=1S/C23H31NO7S/c1-32(29,30)24-23(28)12-8-3-2-7-11-19-20(22(27)15-21(19)26)14-13-17(25)16-31-18-9-5-4-6-10-18/h2,4-7,9-10,13-14,17,19-20,22,25,27H,3,8,11-12,15-16H2,1H3,(H,24,28)/b7-2-,14-13+/t17?,19-,20-,22-/m1/s1. The lowest BCUT2D eigenvalue weighted by Crippen LogP contribution is -2.28. The van der Waals surface area contributed by atoms with Crippen LogP contribution in [0.25, 0.3) is 0 Å². The zero-order chi connectivity index (χ0) is 23.6. The molecule has 0 spiro atoms. The van der Waals surface area contributed by atoms with Crippen LogP contribution in [0.15, 0.2) is 54.6 Å². The minimum atomic E-state index is -3.54. The zero-order valence-corrected chi connectivity index (χ0v) is 18.9. The number of allylic oxidation sites excluding steroid dienone is 2. The van der Waals surface area contributed by atoms with Crippen molar-refractivity contribution in [1.82, 2.24) is 4.72 Å². The maximum absolute atomic E-state index is 12.3. The second-order valence-corrected chi connectivity index (χ2v) is 9.64. The fourth-order valence-corrected chi connectivity index (χ4v) is 4.05. The van der Waals surface area contributed by atoms with E-state index >= 15 is 0 Å². The van der Waals surface area contributed by atoms with E-state index in [1.807, 2.05) is 35.1 Å². The Morgan fingerprint density at radius 3 is 2.69 bits per heavy atom. The predicted molar refractivity (Wildman–Crippen MR) is 120 cm³/mol. The summed E-state index contributed by atoms with van der Waals surface area (Å²) in [6, 6.07) is 9.11. The molecular formula is C23H31NO7S. The van der Waals surface area contributed by atoms with Crippen molar-refractivity contribution in [2.75, 3.05) is 12.9 Å². The molecule has 0 heterocycles. The third-order valence-corrected chi connectivity index (χ3v) is 5.68. The fourth-order valence-electron chi connectivity index (χ4n) is 3.54. The molecule has 1 aliphatic rings. The molecule has 0 bridgehead atoms. The number of unbranched alkanes of at least 4 members (excludes halogenated alkanes) is 1. The summed E-state index contributed by atoms with van der Waals surface area (Å²) in [6.45, 7) is 0.0642. The van der Waals surface area contributed by atoms with Gasteiger partial charge in [-0.15, -0.1) is 0 Å². The van der Waals surface area contributed by atoms with E-state index in [2.05, 4.69) is 0 Å². The quantitative estimate of drug-likeness (QED) is 0.317. The molecular weight excluding hydrogens is 434 g/mol. The average molecular weight is 466 g/mol. The van der Waals surface area contributed by atoms with Crippen molar-refractivity contribution in [2.24, 2.45) is 11.8 Å². The van der Waals surface area contributed by atoms with Gasteiger partial charge in [-0.25, -0.2) is 8.42 Å². The van der Waals surface area contributed by atoms with Gasteiger partial charge in [0.15, 0.2) is 0 Å². The molecule has 0 aliphatic heterocycles. The Hall–Kier alpha value is -2.49. The normalized spacial score (nSPS) is 22.5. The van der Waals surface area contributed by atoms with Crippen molar-refractivity contribution in [1.29, 1.82) is 0 Å². The van der Waals surface area contributed by atoms with Crippen molar-refractivity contribution in [3.05, 3.63) is 54.6 Å². The smallest absolute Gasteiger partial charge is 0.233 e. The van der Waals surface area contributed by atoms with Crippen LogP contribution in [-0.2, 0) is 19.6 Å². The number of rotatable bonds is 12. The van der Waals surface area contributed by atoms with E-state index in [1.165, 1.54) is 0 Å². The van der Waals surface area contributed by atoms with Gasteiger partial charge in [-0.3, -0.25) is 14.3 Å². The molecule has 1 aliphatic carbocycles. The van der Waals surface area contributed by atoms with Gasteiger partial charge in [0.05, 0.1) is 12.4 Å². The second-order valence-electron chi connectivity index (χ2n) is 7.89. The highest BCUT2D eigenvalue weighted by atomic mass is 32.2. The summed E-state index contributed by atoms with van der Waals surface area (Å²) >= 11 is 0. The Morgan fingerprint density at radius 2 is 2.00 bits per heavy atom. The number of Topliss-reactive ketones (excluding diaryl/α,β-unsaturated/α-hetero) is 1. The molecule has 1 unspecified atom stereocenters. The molecule has 1 aromatic rings. The van der Waals surface area contributed by atoms with Gasteiger partial charge in [-0.05, 0) is 31.4 Å². The van der Waals surface area contributed by atoms with Crippen LogP contribution >= 0.6 is 0 Å². The van der Waals surface area contributed by atoms with E-state index in [1.54, 1.807) is 24.3 Å². The molecule has 2 rings (SSSR count). The van der Waals surface area contributed by atoms with Crippen LogP contribution in [-0.4, -0.2) is 55.4 Å². The summed E-state index contributed by atoms with van der Waals surface area (Å²) in [5.41, 5.74) is 0. The van der Waals surface area contributed by atoms with Crippen molar-refractivity contribution in [3.8, 4) is 5.75 Å². The summed E-state index contributed by atoms with van der Waals surface area (Å²) < 4.78 is 29.4. The Morgan fingerprint density at radius 1 is 1.28 bits per heavy atom. The van der Waals surface area contributed by atoms with Gasteiger partial charge in [0.25, 0.3) is 0 Å². The molecule has 0 saturated heterocycles. The lowest BCUT2D eigenvalue weighted by molar-refractivity contribution is -0.121. The fraction of sp³-hybridized carbons (Fsp3) is 0.478. The zero-order valence-electron chi connectivity index (χ0n) is 18.1. The molecule has 3 N–H and O–H groups in total. The summed E-state index contributed by atoms with van der Waals surface area (Å²) in [7, 11) is -3.54. The second kappa shape index (κ2) is 12.5. The van der Waals surface area contributed by atoms with Gasteiger partial charge < -0.3 is 14.9 Å². The number of aliphatic hydroxyl groups is 2. The molecule has 4 atom stereocenters. The molecule has 8 nitrogen and oxygen atoms in total. The molecule has 1 saturated carbocycles. The summed E-state index contributed by atoms with van der Waals surface area (Å²) in [5.74, 6) is -0.700. The van der Waals surface area contributed by atoms with Gasteiger partial charge >= 0.3 is 0 Å². The maximum Gasteiger partial charge on any atom is 0.233 e. The number of aliphatic hydroxyl groups excluding tert-OH is 2. The third-order valence-electron chi connectivity index (χ3n) is 5.08. The van der Waals surface area contributed by atoms with Crippen LogP contribution < -0.4 is 9.46 Å². The summed E-state index contributed by atoms with van der Waals surface area (Å²) in [5, 5.41) is 20.4. The highest BCUT2D eigenvalue weighted by Gasteiger charge is 2.39.